The Hall–Kier alpha value is -0.950. The summed E-state index contributed by atoms with van der Waals surface area (Å²) >= 11 is 0. The number of nitrogens with one attached hydrogen (secondary N) is 1. The molecule has 0 radical (unpaired) electrons. The molecule has 1 N–H and O–H groups in total. The zero-order chi connectivity index (χ0) is 16.1. The molecule has 1 aromatic carbocycles. The third kappa shape index (κ3) is 4.53. The fourth-order valence-electron chi connectivity index (χ4n) is 3.44. The van der Waals surface area contributed by atoms with E-state index < -0.39 is 10.0 Å². The van der Waals surface area contributed by atoms with Gasteiger partial charge in [-0.3, -0.25) is 4.90 Å². The SMILES string of the molecule is O=S(=O)(NC[C@H]1CCCN1Cc1ccccc1)[C@@H]1CCCOC1. The van der Waals surface area contributed by atoms with Crippen LogP contribution in [0.15, 0.2) is 30.3 Å². The molecule has 0 amide bonds. The smallest absolute Gasteiger partial charge is 0.216 e. The van der Waals surface area contributed by atoms with E-state index in [0.29, 0.717) is 26.2 Å². The lowest BCUT2D eigenvalue weighted by molar-refractivity contribution is 0.0987. The second kappa shape index (κ2) is 7.75. The Bertz CT molecular complexity index is 585. The molecule has 1 aromatic rings. The maximum Gasteiger partial charge on any atom is 0.216 e. The lowest BCUT2D eigenvalue weighted by Gasteiger charge is -2.27. The Balaban J connectivity index is 1.54. The summed E-state index contributed by atoms with van der Waals surface area (Å²) in [6.45, 7) is 3.44. The number of ether oxygens (including phenoxy) is 1. The Morgan fingerprint density at radius 1 is 1.17 bits per heavy atom. The van der Waals surface area contributed by atoms with Gasteiger partial charge >= 0.3 is 0 Å². The highest BCUT2D eigenvalue weighted by atomic mass is 32.2. The number of hydrogen-bond donors (Lipinski definition) is 1. The first-order chi connectivity index (χ1) is 11.1. The Kier molecular flexibility index (Phi) is 5.69. The molecule has 2 heterocycles. The van der Waals surface area contributed by atoms with Crippen LogP contribution in [-0.2, 0) is 21.3 Å². The molecule has 6 heteroatoms. The van der Waals surface area contributed by atoms with Gasteiger partial charge in [0.2, 0.25) is 10.0 Å². The summed E-state index contributed by atoms with van der Waals surface area (Å²) in [5.41, 5.74) is 1.28. The van der Waals surface area contributed by atoms with Crippen molar-refractivity contribution in [2.45, 2.75) is 43.5 Å². The van der Waals surface area contributed by atoms with Crippen LogP contribution in [0.4, 0.5) is 0 Å². The predicted molar refractivity (Wildman–Crippen MR) is 90.6 cm³/mol. The maximum absolute atomic E-state index is 12.4. The number of sulfonamides is 1. The standard InChI is InChI=1S/C17H26N2O3S/c20-23(21,17-9-5-11-22-14-17)18-12-16-8-4-10-19(16)13-15-6-2-1-3-7-15/h1-3,6-7,16-18H,4-5,8-14H2/t16-,17-/m1/s1. The van der Waals surface area contributed by atoms with Gasteiger partial charge in [0.05, 0.1) is 11.9 Å². The van der Waals surface area contributed by atoms with Crippen molar-refractivity contribution in [2.75, 3.05) is 26.3 Å². The largest absolute Gasteiger partial charge is 0.380 e. The predicted octanol–water partition coefficient (Wildman–Crippen LogP) is 1.75. The molecular weight excluding hydrogens is 312 g/mol. The molecule has 2 fully saturated rings. The molecule has 2 aliphatic heterocycles. The lowest BCUT2D eigenvalue weighted by atomic mass is 10.2. The van der Waals surface area contributed by atoms with Crippen LogP contribution in [-0.4, -0.2) is 50.9 Å². The highest BCUT2D eigenvalue weighted by Crippen LogP contribution is 2.20. The van der Waals surface area contributed by atoms with Gasteiger partial charge in [-0.2, -0.15) is 0 Å². The van der Waals surface area contributed by atoms with Gasteiger partial charge in [-0.15, -0.1) is 0 Å². The zero-order valence-corrected chi connectivity index (χ0v) is 14.3. The van der Waals surface area contributed by atoms with Crippen LogP contribution in [0.25, 0.3) is 0 Å². The fourth-order valence-corrected chi connectivity index (χ4v) is 4.85. The lowest BCUT2D eigenvalue weighted by Crippen LogP contribution is -2.45. The normalized spacial score (nSPS) is 26.4. The Morgan fingerprint density at radius 2 is 2.00 bits per heavy atom. The van der Waals surface area contributed by atoms with Crippen molar-refractivity contribution in [1.82, 2.24) is 9.62 Å². The zero-order valence-electron chi connectivity index (χ0n) is 13.5. The Labute approximate surface area is 139 Å². The summed E-state index contributed by atoms with van der Waals surface area (Å²) in [6, 6.07) is 10.6. The van der Waals surface area contributed by atoms with Gasteiger partial charge in [-0.05, 0) is 37.8 Å². The van der Waals surface area contributed by atoms with Crippen molar-refractivity contribution in [2.24, 2.45) is 0 Å². The first-order valence-corrected chi connectivity index (χ1v) is 10.0. The van der Waals surface area contributed by atoms with Crippen molar-refractivity contribution in [3.8, 4) is 0 Å². The monoisotopic (exact) mass is 338 g/mol. The minimum atomic E-state index is -3.27. The molecule has 0 aromatic heterocycles. The fraction of sp³-hybridized carbons (Fsp3) is 0.647. The summed E-state index contributed by atoms with van der Waals surface area (Å²) < 4.78 is 32.9. The molecule has 2 atom stereocenters. The van der Waals surface area contributed by atoms with Crippen LogP contribution < -0.4 is 4.72 Å². The first kappa shape index (κ1) is 16.9. The van der Waals surface area contributed by atoms with Crippen molar-refractivity contribution in [1.29, 1.82) is 0 Å². The van der Waals surface area contributed by atoms with E-state index in [4.69, 9.17) is 4.74 Å². The van der Waals surface area contributed by atoms with Crippen molar-refractivity contribution in [3.05, 3.63) is 35.9 Å². The summed E-state index contributed by atoms with van der Waals surface area (Å²) in [7, 11) is -3.27. The second-order valence-corrected chi connectivity index (χ2v) is 8.53. The molecule has 0 aliphatic carbocycles. The van der Waals surface area contributed by atoms with E-state index in [1.807, 2.05) is 18.2 Å². The number of likely N-dealkylation sites (tertiary alicyclic amines) is 1. The van der Waals surface area contributed by atoms with Crippen LogP contribution in [0.2, 0.25) is 0 Å². The average molecular weight is 338 g/mol. The van der Waals surface area contributed by atoms with Crippen LogP contribution in [0.1, 0.15) is 31.2 Å². The van der Waals surface area contributed by atoms with Gasteiger partial charge in [-0.25, -0.2) is 13.1 Å². The third-order valence-corrected chi connectivity index (χ3v) is 6.62. The maximum atomic E-state index is 12.4. The molecule has 2 saturated heterocycles. The van der Waals surface area contributed by atoms with Gasteiger partial charge < -0.3 is 4.74 Å². The topological polar surface area (TPSA) is 58.6 Å². The second-order valence-electron chi connectivity index (χ2n) is 6.48. The van der Waals surface area contributed by atoms with E-state index in [0.717, 1.165) is 32.4 Å². The van der Waals surface area contributed by atoms with Crippen LogP contribution in [0.3, 0.4) is 0 Å². The molecular formula is C17H26N2O3S. The first-order valence-electron chi connectivity index (χ1n) is 8.49. The van der Waals surface area contributed by atoms with Gasteiger partial charge in [0.25, 0.3) is 0 Å². The molecule has 0 bridgehead atoms. The van der Waals surface area contributed by atoms with E-state index in [1.54, 1.807) is 0 Å². The molecule has 0 unspecified atom stereocenters. The highest BCUT2D eigenvalue weighted by Gasteiger charge is 2.30. The quantitative estimate of drug-likeness (QED) is 0.858. The summed E-state index contributed by atoms with van der Waals surface area (Å²) in [5, 5.41) is -0.389. The molecule has 3 rings (SSSR count). The molecule has 128 valence electrons. The highest BCUT2D eigenvalue weighted by molar-refractivity contribution is 7.90. The van der Waals surface area contributed by atoms with Crippen LogP contribution in [0, 0.1) is 0 Å². The van der Waals surface area contributed by atoms with Gasteiger partial charge in [0, 0.05) is 25.7 Å². The van der Waals surface area contributed by atoms with E-state index in [1.165, 1.54) is 5.56 Å². The number of hydrogen-bond acceptors (Lipinski definition) is 4. The average Bonchev–Trinajstić information content (AvgIpc) is 3.02. The van der Waals surface area contributed by atoms with E-state index >= 15 is 0 Å². The van der Waals surface area contributed by atoms with E-state index in [-0.39, 0.29) is 11.3 Å². The number of benzene rings is 1. The minimum Gasteiger partial charge on any atom is -0.380 e. The molecule has 2 aliphatic rings. The molecule has 5 nitrogen and oxygen atoms in total. The van der Waals surface area contributed by atoms with E-state index in [9.17, 15) is 8.42 Å². The molecule has 0 spiro atoms. The third-order valence-electron chi connectivity index (χ3n) is 4.81. The van der Waals surface area contributed by atoms with Crippen LogP contribution >= 0.6 is 0 Å². The van der Waals surface area contributed by atoms with Gasteiger partial charge in [0.15, 0.2) is 0 Å². The summed E-state index contributed by atoms with van der Waals surface area (Å²) in [5.74, 6) is 0. The number of nitrogens with zero attached hydrogens (tertiary/aromatic N) is 1. The van der Waals surface area contributed by atoms with E-state index in [2.05, 4.69) is 21.8 Å². The minimum absolute atomic E-state index is 0.287. The van der Waals surface area contributed by atoms with Gasteiger partial charge in [0.1, 0.15) is 0 Å². The summed E-state index contributed by atoms with van der Waals surface area (Å²) in [6.07, 6.45) is 3.71. The Morgan fingerprint density at radius 3 is 2.74 bits per heavy atom. The van der Waals surface area contributed by atoms with Crippen molar-refractivity contribution >= 4 is 10.0 Å². The van der Waals surface area contributed by atoms with Crippen molar-refractivity contribution in [3.63, 3.8) is 0 Å². The van der Waals surface area contributed by atoms with Crippen LogP contribution in [0.5, 0.6) is 0 Å². The number of rotatable bonds is 6. The molecule has 23 heavy (non-hydrogen) atoms. The van der Waals surface area contributed by atoms with Gasteiger partial charge in [-0.1, -0.05) is 30.3 Å². The summed E-state index contributed by atoms with van der Waals surface area (Å²) in [4.78, 5) is 2.38. The van der Waals surface area contributed by atoms with Crippen molar-refractivity contribution < 1.29 is 13.2 Å². The molecule has 0 saturated carbocycles.